The maximum atomic E-state index is 12.9. The van der Waals surface area contributed by atoms with E-state index in [4.69, 9.17) is 35.3 Å². The zero-order chi connectivity index (χ0) is 27.3. The highest BCUT2D eigenvalue weighted by atomic mass is 35.5. The second kappa shape index (κ2) is 14.7. The van der Waals surface area contributed by atoms with Gasteiger partial charge in [-0.25, -0.2) is 5.43 Å². The van der Waals surface area contributed by atoms with Gasteiger partial charge >= 0.3 is 0 Å². The van der Waals surface area contributed by atoms with Crippen molar-refractivity contribution < 1.29 is 28.5 Å². The predicted molar refractivity (Wildman–Crippen MR) is 148 cm³/mol. The van der Waals surface area contributed by atoms with E-state index in [1.54, 1.807) is 24.3 Å². The van der Waals surface area contributed by atoms with Crippen LogP contribution in [0.5, 0.6) is 28.7 Å². The van der Waals surface area contributed by atoms with Crippen molar-refractivity contribution >= 4 is 23.7 Å². The molecule has 38 heavy (non-hydrogen) atoms. The number of rotatable bonds is 14. The fourth-order valence-electron chi connectivity index (χ4n) is 3.48. The predicted octanol–water partition coefficient (Wildman–Crippen LogP) is 6.28. The second-order valence-corrected chi connectivity index (χ2v) is 8.29. The Morgan fingerprint density at radius 3 is 1.97 bits per heavy atom. The van der Waals surface area contributed by atoms with Gasteiger partial charge in [-0.2, -0.15) is 5.10 Å². The van der Waals surface area contributed by atoms with Crippen LogP contribution in [0.15, 0.2) is 59.7 Å². The minimum atomic E-state index is -0.417. The molecular weight excluding hydrogens is 508 g/mol. The van der Waals surface area contributed by atoms with Crippen molar-refractivity contribution in [2.24, 2.45) is 5.10 Å². The molecule has 3 rings (SSSR count). The SMILES string of the molecule is CCOc1cc(/C=N/NC(=O)c2cc(OCC)c(OCC)c(OCC)c2)ccc1OCc1ccc(Cl)cc1. The van der Waals surface area contributed by atoms with E-state index in [0.29, 0.717) is 72.4 Å². The molecule has 1 amide bonds. The van der Waals surface area contributed by atoms with Crippen molar-refractivity contribution in [3.05, 3.63) is 76.3 Å². The largest absolute Gasteiger partial charge is 0.490 e. The highest BCUT2D eigenvalue weighted by Gasteiger charge is 2.18. The van der Waals surface area contributed by atoms with Crippen LogP contribution < -0.4 is 29.1 Å². The fraction of sp³-hybridized carbons (Fsp3) is 0.310. The van der Waals surface area contributed by atoms with Gasteiger partial charge in [-0.3, -0.25) is 4.79 Å². The minimum absolute atomic E-state index is 0.332. The lowest BCUT2D eigenvalue weighted by atomic mass is 10.1. The van der Waals surface area contributed by atoms with Crippen LogP contribution in [0.1, 0.15) is 49.2 Å². The molecular formula is C29H33ClN2O6. The lowest BCUT2D eigenvalue weighted by Crippen LogP contribution is -2.18. The fourth-order valence-corrected chi connectivity index (χ4v) is 3.61. The van der Waals surface area contributed by atoms with E-state index in [0.717, 1.165) is 11.1 Å². The first kappa shape index (κ1) is 28.7. The maximum Gasteiger partial charge on any atom is 0.271 e. The Labute approximate surface area is 228 Å². The van der Waals surface area contributed by atoms with Crippen molar-refractivity contribution in [2.45, 2.75) is 34.3 Å². The molecule has 0 radical (unpaired) electrons. The molecule has 202 valence electrons. The number of carbonyl (C=O) groups excluding carboxylic acids is 1. The number of amides is 1. The molecule has 0 saturated carbocycles. The number of halogens is 1. The summed E-state index contributed by atoms with van der Waals surface area (Å²) in [6, 6.07) is 16.1. The second-order valence-electron chi connectivity index (χ2n) is 7.85. The van der Waals surface area contributed by atoms with Gasteiger partial charge in [0.2, 0.25) is 5.75 Å². The molecule has 0 bridgehead atoms. The zero-order valence-electron chi connectivity index (χ0n) is 22.1. The van der Waals surface area contributed by atoms with E-state index in [1.165, 1.54) is 6.21 Å². The summed E-state index contributed by atoms with van der Waals surface area (Å²) in [4.78, 5) is 12.9. The Kier molecular flexibility index (Phi) is 11.1. The third kappa shape index (κ3) is 8.05. The van der Waals surface area contributed by atoms with Gasteiger partial charge in [-0.1, -0.05) is 23.7 Å². The summed E-state index contributed by atoms with van der Waals surface area (Å²) in [6.45, 7) is 9.59. The number of hydrogen-bond acceptors (Lipinski definition) is 7. The van der Waals surface area contributed by atoms with Gasteiger partial charge in [0.1, 0.15) is 6.61 Å². The van der Waals surface area contributed by atoms with E-state index in [2.05, 4.69) is 10.5 Å². The van der Waals surface area contributed by atoms with Gasteiger partial charge < -0.3 is 23.7 Å². The van der Waals surface area contributed by atoms with Crippen molar-refractivity contribution in [3.63, 3.8) is 0 Å². The van der Waals surface area contributed by atoms with Gasteiger partial charge in [-0.05, 0) is 81.3 Å². The molecule has 0 atom stereocenters. The summed E-state index contributed by atoms with van der Waals surface area (Å²) in [5.41, 5.74) is 4.59. The lowest BCUT2D eigenvalue weighted by molar-refractivity contribution is 0.0954. The highest BCUT2D eigenvalue weighted by Crippen LogP contribution is 2.39. The quantitative estimate of drug-likeness (QED) is 0.191. The summed E-state index contributed by atoms with van der Waals surface area (Å²) in [5.74, 6) is 2.10. The average molecular weight is 541 g/mol. The molecule has 0 aromatic heterocycles. The molecule has 0 saturated heterocycles. The minimum Gasteiger partial charge on any atom is -0.490 e. The Balaban J connectivity index is 1.72. The first-order valence-corrected chi connectivity index (χ1v) is 12.9. The molecule has 0 unspecified atom stereocenters. The zero-order valence-corrected chi connectivity index (χ0v) is 22.8. The molecule has 9 heteroatoms. The van der Waals surface area contributed by atoms with Crippen LogP contribution >= 0.6 is 11.6 Å². The van der Waals surface area contributed by atoms with Gasteiger partial charge in [0, 0.05) is 10.6 Å². The van der Waals surface area contributed by atoms with Crippen LogP contribution in [0, 0.1) is 0 Å². The Morgan fingerprint density at radius 2 is 1.37 bits per heavy atom. The molecule has 3 aromatic carbocycles. The van der Waals surface area contributed by atoms with E-state index in [-0.39, 0.29) is 0 Å². The number of nitrogens with one attached hydrogen (secondary N) is 1. The third-order valence-electron chi connectivity index (χ3n) is 5.13. The Bertz CT molecular complexity index is 1200. The van der Waals surface area contributed by atoms with Crippen LogP contribution in [0.2, 0.25) is 5.02 Å². The smallest absolute Gasteiger partial charge is 0.271 e. The number of carbonyl (C=O) groups is 1. The van der Waals surface area contributed by atoms with E-state index in [9.17, 15) is 4.79 Å². The molecule has 0 aliphatic carbocycles. The number of hydrazone groups is 1. The molecule has 0 spiro atoms. The number of nitrogens with zero attached hydrogens (tertiary/aromatic N) is 1. The molecule has 1 N–H and O–H groups in total. The normalized spacial score (nSPS) is 10.8. The first-order chi connectivity index (χ1) is 18.5. The van der Waals surface area contributed by atoms with Gasteiger partial charge in [0.15, 0.2) is 23.0 Å². The third-order valence-corrected chi connectivity index (χ3v) is 5.38. The number of benzene rings is 3. The molecule has 0 aliphatic rings. The van der Waals surface area contributed by atoms with E-state index >= 15 is 0 Å². The maximum absolute atomic E-state index is 12.9. The van der Waals surface area contributed by atoms with E-state index in [1.807, 2.05) is 58.0 Å². The summed E-state index contributed by atoms with van der Waals surface area (Å²) in [6.07, 6.45) is 1.53. The first-order valence-electron chi connectivity index (χ1n) is 12.5. The van der Waals surface area contributed by atoms with Crippen molar-refractivity contribution in [2.75, 3.05) is 26.4 Å². The summed E-state index contributed by atoms with van der Waals surface area (Å²) in [5, 5.41) is 4.79. The molecule has 3 aromatic rings. The van der Waals surface area contributed by atoms with Crippen molar-refractivity contribution in [1.29, 1.82) is 0 Å². The van der Waals surface area contributed by atoms with Crippen LogP contribution in [0.25, 0.3) is 0 Å². The topological polar surface area (TPSA) is 87.6 Å². The average Bonchev–Trinajstić information content (AvgIpc) is 2.91. The summed E-state index contributed by atoms with van der Waals surface area (Å²) < 4.78 is 28.8. The van der Waals surface area contributed by atoms with Crippen molar-refractivity contribution in [1.82, 2.24) is 5.43 Å². The monoisotopic (exact) mass is 540 g/mol. The highest BCUT2D eigenvalue weighted by molar-refractivity contribution is 6.30. The molecule has 0 fully saturated rings. The van der Waals surface area contributed by atoms with Gasteiger partial charge in [0.25, 0.3) is 5.91 Å². The molecule has 0 heterocycles. The van der Waals surface area contributed by atoms with E-state index < -0.39 is 5.91 Å². The lowest BCUT2D eigenvalue weighted by Gasteiger charge is -2.16. The summed E-state index contributed by atoms with van der Waals surface area (Å²) >= 11 is 5.95. The molecule has 8 nitrogen and oxygen atoms in total. The Hall–Kier alpha value is -3.91. The van der Waals surface area contributed by atoms with Gasteiger partial charge in [0.05, 0.1) is 32.6 Å². The number of hydrogen-bond donors (Lipinski definition) is 1. The van der Waals surface area contributed by atoms with Gasteiger partial charge in [-0.15, -0.1) is 0 Å². The Morgan fingerprint density at radius 1 is 0.763 bits per heavy atom. The van der Waals surface area contributed by atoms with Crippen LogP contribution in [0.3, 0.4) is 0 Å². The number of ether oxygens (including phenoxy) is 5. The summed E-state index contributed by atoms with van der Waals surface area (Å²) in [7, 11) is 0. The van der Waals surface area contributed by atoms with Crippen molar-refractivity contribution in [3.8, 4) is 28.7 Å². The van der Waals surface area contributed by atoms with Crippen LogP contribution in [-0.2, 0) is 6.61 Å². The van der Waals surface area contributed by atoms with Crippen LogP contribution in [0.4, 0.5) is 0 Å². The standard InChI is InChI=1S/C29H33ClN2O6/c1-5-34-25-15-21(11-14-24(25)38-19-20-9-12-23(30)13-10-20)18-31-32-29(33)22-16-26(35-6-2)28(37-8-4)27(17-22)36-7-3/h9-18H,5-8,19H2,1-4H3,(H,32,33)/b31-18+. The van der Waals surface area contributed by atoms with Crippen LogP contribution in [-0.4, -0.2) is 38.5 Å². The molecule has 0 aliphatic heterocycles.